The topological polar surface area (TPSA) is 9.23 Å². The Kier molecular flexibility index (Phi) is 7.77. The third-order valence-electron chi connectivity index (χ3n) is 7.84. The maximum atomic E-state index is 14.8. The lowest BCUT2D eigenvalue weighted by atomic mass is 9.79. The minimum absolute atomic E-state index is 0.00807. The van der Waals surface area contributed by atoms with Gasteiger partial charge in [0.2, 0.25) is 17.4 Å². The predicted octanol–water partition coefficient (Wildman–Crippen LogP) is 9.38. The monoisotopic (exact) mass is 538 g/mol. The highest BCUT2D eigenvalue weighted by atomic mass is 19.3. The largest absolute Gasteiger partial charge is 0.429 e. The van der Waals surface area contributed by atoms with E-state index >= 15 is 0 Å². The van der Waals surface area contributed by atoms with Crippen molar-refractivity contribution in [2.75, 3.05) is 0 Å². The predicted molar refractivity (Wildman–Crippen MR) is 118 cm³/mol. The molecule has 0 amide bonds. The van der Waals surface area contributed by atoms with Crippen molar-refractivity contribution in [3.8, 4) is 5.75 Å². The van der Waals surface area contributed by atoms with Crippen molar-refractivity contribution in [3.63, 3.8) is 0 Å². The molecule has 0 aliphatic heterocycles. The third kappa shape index (κ3) is 5.17. The smallest absolute Gasteiger partial charge is 0.422 e. The van der Waals surface area contributed by atoms with Gasteiger partial charge in [0.1, 0.15) is 11.4 Å². The lowest BCUT2D eigenvalue weighted by Gasteiger charge is -2.28. The van der Waals surface area contributed by atoms with Gasteiger partial charge in [0.05, 0.1) is 0 Å². The van der Waals surface area contributed by atoms with E-state index in [1.54, 1.807) is 0 Å². The van der Waals surface area contributed by atoms with Crippen LogP contribution in [0.15, 0.2) is 6.07 Å². The Morgan fingerprint density at radius 3 is 1.46 bits per heavy atom. The molecule has 2 saturated carbocycles. The molecular formula is C27H27F9O. The molecule has 0 unspecified atom stereocenters. The molecule has 2 aliphatic carbocycles. The van der Waals surface area contributed by atoms with Gasteiger partial charge in [-0.05, 0) is 55.4 Å². The second kappa shape index (κ2) is 10.4. The van der Waals surface area contributed by atoms with Gasteiger partial charge < -0.3 is 4.74 Å². The van der Waals surface area contributed by atoms with E-state index in [-0.39, 0.29) is 24.8 Å². The molecule has 4 rings (SSSR count). The van der Waals surface area contributed by atoms with Crippen molar-refractivity contribution >= 4 is 0 Å². The van der Waals surface area contributed by atoms with E-state index in [4.69, 9.17) is 0 Å². The average molecular weight is 538 g/mol. The lowest BCUT2D eigenvalue weighted by Crippen LogP contribution is -2.27. The van der Waals surface area contributed by atoms with Gasteiger partial charge in [0.25, 0.3) is 0 Å². The summed E-state index contributed by atoms with van der Waals surface area (Å²) in [6.07, 6.45) is -1.63. The Balaban J connectivity index is 1.68. The highest BCUT2D eigenvalue weighted by Crippen LogP contribution is 2.45. The Morgan fingerprint density at radius 1 is 0.595 bits per heavy atom. The first-order valence-corrected chi connectivity index (χ1v) is 12.4. The summed E-state index contributed by atoms with van der Waals surface area (Å²) in [5.74, 6) is -17.0. The van der Waals surface area contributed by atoms with Crippen molar-refractivity contribution in [2.24, 2.45) is 11.8 Å². The van der Waals surface area contributed by atoms with Gasteiger partial charge in [-0.15, -0.1) is 0 Å². The zero-order valence-electron chi connectivity index (χ0n) is 20.4. The maximum absolute atomic E-state index is 14.8. The fourth-order valence-corrected chi connectivity index (χ4v) is 5.55. The van der Waals surface area contributed by atoms with Crippen molar-refractivity contribution < 1.29 is 44.3 Å². The summed E-state index contributed by atoms with van der Waals surface area (Å²) in [6, 6.07) is -0.00807. The number of benzene rings is 2. The number of alkyl halides is 2. The lowest BCUT2D eigenvalue weighted by molar-refractivity contribution is -0.191. The van der Waals surface area contributed by atoms with E-state index in [1.165, 1.54) is 0 Å². The van der Waals surface area contributed by atoms with Crippen molar-refractivity contribution in [2.45, 2.75) is 83.2 Å². The summed E-state index contributed by atoms with van der Waals surface area (Å²) in [5, 5.41) is 0. The van der Waals surface area contributed by atoms with E-state index < -0.39 is 81.1 Å². The van der Waals surface area contributed by atoms with Crippen LogP contribution in [0.25, 0.3) is 0 Å². The number of ether oxygens (including phenoxy) is 1. The van der Waals surface area contributed by atoms with Gasteiger partial charge in [-0.1, -0.05) is 39.5 Å². The fourth-order valence-electron chi connectivity index (χ4n) is 5.55. The molecule has 2 fully saturated rings. The van der Waals surface area contributed by atoms with Gasteiger partial charge in [-0.2, -0.15) is 17.6 Å². The average Bonchev–Trinajstić information content (AvgIpc) is 2.85. The van der Waals surface area contributed by atoms with Crippen molar-refractivity contribution in [3.05, 3.63) is 63.5 Å². The highest BCUT2D eigenvalue weighted by Gasteiger charge is 2.44. The maximum Gasteiger partial charge on any atom is 0.429 e. The first-order valence-electron chi connectivity index (χ1n) is 12.4. The van der Waals surface area contributed by atoms with Crippen LogP contribution in [0.3, 0.4) is 0 Å². The van der Waals surface area contributed by atoms with Crippen LogP contribution in [0.2, 0.25) is 0 Å². The number of hydrogen-bond acceptors (Lipinski definition) is 1. The summed E-state index contributed by atoms with van der Waals surface area (Å²) >= 11 is 0. The Labute approximate surface area is 209 Å². The Morgan fingerprint density at radius 2 is 1.00 bits per heavy atom. The molecule has 0 heterocycles. The van der Waals surface area contributed by atoms with E-state index in [9.17, 15) is 39.5 Å². The molecule has 10 heteroatoms. The van der Waals surface area contributed by atoms with Crippen LogP contribution in [0, 0.1) is 52.6 Å². The molecule has 0 spiro atoms. The zero-order chi connectivity index (χ0) is 27.2. The van der Waals surface area contributed by atoms with Gasteiger partial charge >= 0.3 is 6.11 Å². The number of hydrogen-bond donors (Lipinski definition) is 0. The van der Waals surface area contributed by atoms with Crippen molar-refractivity contribution in [1.29, 1.82) is 0 Å². The molecule has 0 radical (unpaired) electrons. The zero-order valence-corrected chi connectivity index (χ0v) is 20.4. The van der Waals surface area contributed by atoms with Crippen LogP contribution < -0.4 is 4.74 Å². The van der Waals surface area contributed by atoms with Crippen LogP contribution in [-0.2, 0) is 6.11 Å². The molecule has 0 bridgehead atoms. The molecule has 2 aromatic carbocycles. The van der Waals surface area contributed by atoms with E-state index in [0.717, 1.165) is 0 Å². The molecule has 37 heavy (non-hydrogen) atoms. The van der Waals surface area contributed by atoms with Gasteiger partial charge in [0, 0.05) is 11.1 Å². The summed E-state index contributed by atoms with van der Waals surface area (Å²) in [5.41, 5.74) is -3.59. The molecule has 204 valence electrons. The first-order chi connectivity index (χ1) is 17.3. The molecule has 2 aliphatic rings. The van der Waals surface area contributed by atoms with E-state index in [1.807, 2.05) is 13.8 Å². The molecule has 2 aromatic rings. The van der Waals surface area contributed by atoms with Crippen LogP contribution in [0.5, 0.6) is 5.75 Å². The van der Waals surface area contributed by atoms with Crippen LogP contribution in [-0.4, -0.2) is 0 Å². The summed E-state index contributed by atoms with van der Waals surface area (Å²) in [4.78, 5) is 0. The van der Waals surface area contributed by atoms with E-state index in [2.05, 4.69) is 4.74 Å². The molecule has 0 N–H and O–H groups in total. The fraction of sp³-hybridized carbons (Fsp3) is 0.556. The normalized spacial score (nSPS) is 24.8. The Hall–Kier alpha value is -2.39. The quantitative estimate of drug-likeness (QED) is 0.272. The molecular weight excluding hydrogens is 511 g/mol. The van der Waals surface area contributed by atoms with Crippen molar-refractivity contribution in [1.82, 2.24) is 0 Å². The standard InChI is InChI=1S/C27H27F9O/c1-12-3-7-14(8-4-12)18-17(28)11-16(20(29)21(18)30)27(35,36)37-26-24(33)22(31)19(23(32)25(26)34)15-9-5-13(2)6-10-15/h11-15H,3-10H2,1-2H3. The molecule has 0 saturated heterocycles. The second-order valence-electron chi connectivity index (χ2n) is 10.5. The summed E-state index contributed by atoms with van der Waals surface area (Å²) in [6.45, 7) is 3.85. The van der Waals surface area contributed by atoms with E-state index in [0.29, 0.717) is 44.4 Å². The SMILES string of the molecule is CC1CCC(c2c(F)cc(C(F)(F)Oc3c(F)c(F)c(C4CCC(C)CC4)c(F)c3F)c(F)c2F)CC1. The van der Waals surface area contributed by atoms with Crippen LogP contribution in [0.1, 0.15) is 93.7 Å². The van der Waals surface area contributed by atoms with Crippen LogP contribution in [0.4, 0.5) is 39.5 Å². The third-order valence-corrected chi connectivity index (χ3v) is 7.84. The van der Waals surface area contributed by atoms with Gasteiger partial charge in [0.15, 0.2) is 23.3 Å². The van der Waals surface area contributed by atoms with Crippen LogP contribution >= 0.6 is 0 Å². The van der Waals surface area contributed by atoms with Gasteiger partial charge in [-0.25, -0.2) is 22.0 Å². The molecule has 1 nitrogen and oxygen atoms in total. The first kappa shape index (κ1) is 27.6. The molecule has 0 aromatic heterocycles. The summed E-state index contributed by atoms with van der Waals surface area (Å²) < 4.78 is 137. The Bertz CT molecular complexity index is 1130. The minimum Gasteiger partial charge on any atom is -0.422 e. The van der Waals surface area contributed by atoms with Gasteiger partial charge in [-0.3, -0.25) is 0 Å². The minimum atomic E-state index is -5.06. The highest BCUT2D eigenvalue weighted by molar-refractivity contribution is 5.38. The number of rotatable bonds is 5. The number of halogens is 9. The summed E-state index contributed by atoms with van der Waals surface area (Å²) in [7, 11) is 0. The molecule has 0 atom stereocenters. The second-order valence-corrected chi connectivity index (χ2v) is 10.5.